The van der Waals surface area contributed by atoms with Gasteiger partial charge < -0.3 is 5.73 Å². The van der Waals surface area contributed by atoms with Crippen molar-refractivity contribution >= 4 is 5.91 Å². The fourth-order valence-electron chi connectivity index (χ4n) is 1.59. The van der Waals surface area contributed by atoms with Crippen molar-refractivity contribution in [1.82, 2.24) is 4.90 Å². The van der Waals surface area contributed by atoms with Gasteiger partial charge in [0, 0.05) is 6.54 Å². The minimum Gasteiger partial charge on any atom is -0.368 e. The Kier molecular flexibility index (Phi) is 10.7. The highest BCUT2D eigenvalue weighted by molar-refractivity contribution is 5.80. The summed E-state index contributed by atoms with van der Waals surface area (Å²) < 4.78 is 0. The number of rotatable bonds is 1. The summed E-state index contributed by atoms with van der Waals surface area (Å²) in [6.07, 6.45) is 0.922. The second-order valence-corrected chi connectivity index (χ2v) is 4.93. The van der Waals surface area contributed by atoms with Gasteiger partial charge in [-0.05, 0) is 25.3 Å². The molecule has 2 N–H and O–H groups in total. The van der Waals surface area contributed by atoms with Crippen LogP contribution in [0.4, 0.5) is 0 Å². The number of amides is 1. The zero-order valence-electron chi connectivity index (χ0n) is 12.1. The maximum Gasteiger partial charge on any atom is 0.234 e. The molecule has 0 saturated carbocycles. The Labute approximate surface area is 101 Å². The summed E-state index contributed by atoms with van der Waals surface area (Å²) in [4.78, 5) is 12.8. The third kappa shape index (κ3) is 8.72. The number of likely N-dealkylation sites (tertiary alicyclic amines) is 1. The Hall–Kier alpha value is -0.570. The second kappa shape index (κ2) is 9.64. The molecule has 16 heavy (non-hydrogen) atoms. The number of primary amides is 1. The van der Waals surface area contributed by atoms with Gasteiger partial charge in [0.25, 0.3) is 0 Å². The molecule has 3 heteroatoms. The maximum atomic E-state index is 10.7. The van der Waals surface area contributed by atoms with Crippen LogP contribution in [0.5, 0.6) is 0 Å². The van der Waals surface area contributed by atoms with Crippen LogP contribution in [0.15, 0.2) is 0 Å². The number of nitrogens with zero attached hydrogens (tertiary/aromatic N) is 1. The summed E-state index contributed by atoms with van der Waals surface area (Å²) in [7, 11) is 1.94. The van der Waals surface area contributed by atoms with Gasteiger partial charge in [-0.15, -0.1) is 0 Å². The first kappa shape index (κ1) is 17.8. The lowest BCUT2D eigenvalue weighted by molar-refractivity contribution is -0.121. The zero-order chi connectivity index (χ0) is 13.3. The Morgan fingerprint density at radius 3 is 1.81 bits per heavy atom. The van der Waals surface area contributed by atoms with E-state index in [1.54, 1.807) is 0 Å². The van der Waals surface area contributed by atoms with E-state index in [2.05, 4.69) is 27.7 Å². The first-order valence-corrected chi connectivity index (χ1v) is 6.34. The monoisotopic (exact) mass is 230 g/mol. The lowest BCUT2D eigenvalue weighted by atomic mass is 10.1. The van der Waals surface area contributed by atoms with E-state index in [0.29, 0.717) is 5.92 Å². The summed E-state index contributed by atoms with van der Waals surface area (Å²) in [6.45, 7) is 13.6. The molecular formula is C13H30N2O. The molecule has 0 spiro atoms. The first-order chi connectivity index (χ1) is 7.34. The predicted octanol–water partition coefficient (Wildman–Crippen LogP) is 2.50. The third-order valence-corrected chi connectivity index (χ3v) is 2.09. The smallest absolute Gasteiger partial charge is 0.234 e. The van der Waals surface area contributed by atoms with E-state index in [0.717, 1.165) is 18.9 Å². The molecule has 98 valence electrons. The van der Waals surface area contributed by atoms with Crippen molar-refractivity contribution in [3.05, 3.63) is 0 Å². The molecule has 0 aromatic rings. The molecule has 2 unspecified atom stereocenters. The molecule has 1 saturated heterocycles. The van der Waals surface area contributed by atoms with Crippen LogP contribution in [-0.2, 0) is 4.79 Å². The van der Waals surface area contributed by atoms with Gasteiger partial charge in [0.2, 0.25) is 5.91 Å². The number of hydrogen-bond acceptors (Lipinski definition) is 2. The highest BCUT2D eigenvalue weighted by Crippen LogP contribution is 2.19. The van der Waals surface area contributed by atoms with Gasteiger partial charge in [-0.25, -0.2) is 0 Å². The molecule has 0 aromatic heterocycles. The van der Waals surface area contributed by atoms with E-state index in [9.17, 15) is 4.79 Å². The summed E-state index contributed by atoms with van der Waals surface area (Å²) in [5.41, 5.74) is 5.17. The van der Waals surface area contributed by atoms with Gasteiger partial charge in [0.15, 0.2) is 0 Å². The quantitative estimate of drug-likeness (QED) is 0.752. The second-order valence-electron chi connectivity index (χ2n) is 4.93. The van der Waals surface area contributed by atoms with Crippen LogP contribution >= 0.6 is 0 Å². The van der Waals surface area contributed by atoms with Gasteiger partial charge >= 0.3 is 0 Å². The van der Waals surface area contributed by atoms with Crippen LogP contribution in [0.2, 0.25) is 0 Å². The molecule has 1 amide bonds. The fourth-order valence-corrected chi connectivity index (χ4v) is 1.59. The molecular weight excluding hydrogens is 200 g/mol. The van der Waals surface area contributed by atoms with Gasteiger partial charge in [-0.2, -0.15) is 0 Å². The van der Waals surface area contributed by atoms with Crippen LogP contribution in [-0.4, -0.2) is 30.4 Å². The molecule has 2 atom stereocenters. The minimum absolute atomic E-state index is 0.0185. The van der Waals surface area contributed by atoms with E-state index >= 15 is 0 Å². The van der Waals surface area contributed by atoms with E-state index < -0.39 is 0 Å². The first-order valence-electron chi connectivity index (χ1n) is 6.34. The van der Waals surface area contributed by atoms with Crippen molar-refractivity contribution in [3.63, 3.8) is 0 Å². The van der Waals surface area contributed by atoms with Crippen LogP contribution < -0.4 is 5.73 Å². The largest absolute Gasteiger partial charge is 0.368 e. The molecule has 0 aliphatic carbocycles. The summed E-state index contributed by atoms with van der Waals surface area (Å²) in [6, 6.07) is -0.0185. The molecule has 1 aliphatic rings. The maximum absolute atomic E-state index is 10.7. The lowest BCUT2D eigenvalue weighted by Crippen LogP contribution is -2.37. The van der Waals surface area contributed by atoms with E-state index in [-0.39, 0.29) is 11.9 Å². The van der Waals surface area contributed by atoms with Crippen molar-refractivity contribution in [2.75, 3.05) is 13.6 Å². The van der Waals surface area contributed by atoms with Gasteiger partial charge in [0.1, 0.15) is 0 Å². The summed E-state index contributed by atoms with van der Waals surface area (Å²) in [5, 5.41) is 0. The average molecular weight is 230 g/mol. The van der Waals surface area contributed by atoms with Crippen LogP contribution in [0.3, 0.4) is 0 Å². The Morgan fingerprint density at radius 2 is 1.69 bits per heavy atom. The number of nitrogens with two attached hydrogens (primary N) is 1. The average Bonchev–Trinajstić information content (AvgIpc) is 2.48. The molecule has 1 fully saturated rings. The van der Waals surface area contributed by atoms with Crippen LogP contribution in [0, 0.1) is 11.8 Å². The molecule has 1 rings (SSSR count). The van der Waals surface area contributed by atoms with Crippen molar-refractivity contribution in [3.8, 4) is 0 Å². The predicted molar refractivity (Wildman–Crippen MR) is 71.3 cm³/mol. The molecule has 0 radical (unpaired) electrons. The molecule has 0 aromatic carbocycles. The number of carbonyl (C=O) groups is 1. The minimum atomic E-state index is -0.188. The summed E-state index contributed by atoms with van der Waals surface area (Å²) in [5.74, 6) is 1.26. The lowest BCUT2D eigenvalue weighted by Gasteiger charge is -2.14. The van der Waals surface area contributed by atoms with Crippen LogP contribution in [0.1, 0.15) is 48.0 Å². The number of carbonyl (C=O) groups excluding carboxylic acids is 1. The van der Waals surface area contributed by atoms with Crippen LogP contribution in [0.25, 0.3) is 0 Å². The highest BCUT2D eigenvalue weighted by atomic mass is 16.1. The highest BCUT2D eigenvalue weighted by Gasteiger charge is 2.30. The van der Waals surface area contributed by atoms with Crippen molar-refractivity contribution in [1.29, 1.82) is 0 Å². The van der Waals surface area contributed by atoms with Gasteiger partial charge in [-0.3, -0.25) is 9.69 Å². The topological polar surface area (TPSA) is 46.3 Å². The molecule has 3 nitrogen and oxygen atoms in total. The SMILES string of the molecule is CC.CC(C)C.CC1CC(C(N)=O)N(C)C1. The van der Waals surface area contributed by atoms with E-state index in [1.165, 1.54) is 0 Å². The zero-order valence-corrected chi connectivity index (χ0v) is 12.1. The third-order valence-electron chi connectivity index (χ3n) is 2.09. The molecule has 1 heterocycles. The molecule has 1 aliphatic heterocycles. The van der Waals surface area contributed by atoms with Crippen molar-refractivity contribution < 1.29 is 4.79 Å². The van der Waals surface area contributed by atoms with Crippen molar-refractivity contribution in [2.24, 2.45) is 17.6 Å². The van der Waals surface area contributed by atoms with E-state index in [1.807, 2.05) is 25.8 Å². The number of hydrogen-bond donors (Lipinski definition) is 1. The standard InChI is InChI=1S/C7H14N2O.C4H10.C2H6/c1-5-3-6(7(8)10)9(2)4-5;1-4(2)3;1-2/h5-6H,3-4H2,1-2H3,(H2,8,10);4H,1-3H3;1-2H3. The molecule has 0 bridgehead atoms. The Bertz CT molecular complexity index is 178. The van der Waals surface area contributed by atoms with E-state index in [4.69, 9.17) is 5.73 Å². The van der Waals surface area contributed by atoms with Crippen molar-refractivity contribution in [2.45, 2.75) is 54.0 Å². The number of likely N-dealkylation sites (N-methyl/N-ethyl adjacent to an activating group) is 1. The fraction of sp³-hybridized carbons (Fsp3) is 0.923. The Morgan fingerprint density at radius 1 is 1.31 bits per heavy atom. The Balaban J connectivity index is 0. The summed E-state index contributed by atoms with van der Waals surface area (Å²) >= 11 is 0. The van der Waals surface area contributed by atoms with Gasteiger partial charge in [0.05, 0.1) is 6.04 Å². The van der Waals surface area contributed by atoms with Gasteiger partial charge in [-0.1, -0.05) is 41.5 Å². The normalized spacial score (nSPS) is 24.2.